The van der Waals surface area contributed by atoms with Crippen LogP contribution in [0, 0.1) is 11.7 Å². The molecule has 2 aliphatic rings. The number of hydrogen-bond acceptors (Lipinski definition) is 7. The summed E-state index contributed by atoms with van der Waals surface area (Å²) < 4.78 is 47.4. The SMILES string of the molecule is CCC(NC(=O)C(C)NC)C(=O)N1CC(F)CC1Cc1c(-c2nc3cc(F)ccc3n2CC2CC(F)CN2C(=O)C(NC(=O)C(C)NC)C(C)C)[nH]c2ccccc12. The molecule has 5 N–H and O–H groups in total. The Bertz CT molecular complexity index is 2140. The lowest BCUT2D eigenvalue weighted by molar-refractivity contribution is -0.139. The molecule has 0 radical (unpaired) electrons. The molecule has 6 rings (SSSR count). The number of amides is 4. The molecular formula is C42H56F3N9O4. The number of nitrogens with one attached hydrogen (secondary N) is 5. The largest absolute Gasteiger partial charge is 0.352 e. The van der Waals surface area contributed by atoms with Crippen molar-refractivity contribution >= 4 is 45.6 Å². The normalized spacial score (nSPS) is 21.8. The highest BCUT2D eigenvalue weighted by atomic mass is 19.1. The summed E-state index contributed by atoms with van der Waals surface area (Å²) in [5.41, 5.74) is 2.99. The van der Waals surface area contributed by atoms with Crippen LogP contribution in [-0.2, 0) is 32.1 Å². The van der Waals surface area contributed by atoms with Gasteiger partial charge in [-0.25, -0.2) is 18.2 Å². The lowest BCUT2D eigenvalue weighted by atomic mass is 9.99. The Labute approximate surface area is 336 Å². The van der Waals surface area contributed by atoms with E-state index >= 15 is 8.78 Å². The molecule has 0 aliphatic carbocycles. The third-order valence-electron chi connectivity index (χ3n) is 11.8. The Kier molecular flexibility index (Phi) is 13.2. The monoisotopic (exact) mass is 807 g/mol. The molecule has 0 saturated carbocycles. The standard InChI is InChI=1S/C42H56F3N9O4/c1-8-32(50-39(55)23(4)46-6)41(57)52-19-26(44)15-28(52)18-31-30-11-9-10-12-33(30)48-37(31)38-49-34-17-25(43)13-14-35(34)54(38)21-29-16-27(45)20-53(29)42(58)36(22(2)3)51-40(56)24(5)47-7/h9-14,17,22-24,26-29,32,36,46-48H,8,15-16,18-21H2,1-7H3,(H,50,55)(H,51,56). The number of likely N-dealkylation sites (N-methyl/N-ethyl adjacent to an activating group) is 2. The van der Waals surface area contributed by atoms with Crippen LogP contribution in [0.2, 0.25) is 0 Å². The van der Waals surface area contributed by atoms with E-state index in [-0.39, 0.29) is 62.5 Å². The summed E-state index contributed by atoms with van der Waals surface area (Å²) in [4.78, 5) is 65.3. The number of nitrogens with zero attached hydrogens (tertiary/aromatic N) is 4. The highest BCUT2D eigenvalue weighted by Gasteiger charge is 2.42. The third-order valence-corrected chi connectivity index (χ3v) is 11.8. The maximum Gasteiger partial charge on any atom is 0.245 e. The van der Waals surface area contributed by atoms with Gasteiger partial charge in [0.25, 0.3) is 0 Å². The predicted octanol–water partition coefficient (Wildman–Crippen LogP) is 4.00. The Morgan fingerprint density at radius 3 is 2.12 bits per heavy atom. The molecule has 2 aliphatic heterocycles. The van der Waals surface area contributed by atoms with Crippen LogP contribution in [0.4, 0.5) is 13.2 Å². The average molecular weight is 808 g/mol. The zero-order valence-electron chi connectivity index (χ0n) is 34.2. The molecule has 8 unspecified atom stereocenters. The number of para-hydroxylation sites is 1. The van der Waals surface area contributed by atoms with Gasteiger partial charge >= 0.3 is 0 Å². The molecule has 16 heteroatoms. The molecule has 314 valence electrons. The number of carbonyl (C=O) groups is 4. The van der Waals surface area contributed by atoms with Gasteiger partial charge in [0, 0.05) is 42.4 Å². The predicted molar refractivity (Wildman–Crippen MR) is 217 cm³/mol. The highest BCUT2D eigenvalue weighted by molar-refractivity contribution is 5.93. The van der Waals surface area contributed by atoms with E-state index in [4.69, 9.17) is 4.98 Å². The number of aromatic amines is 1. The Balaban J connectivity index is 1.39. The van der Waals surface area contributed by atoms with Gasteiger partial charge in [-0.05, 0) is 70.5 Å². The fraction of sp³-hybridized carbons (Fsp3) is 0.548. The Hall–Kier alpha value is -4.96. The van der Waals surface area contributed by atoms with E-state index in [0.29, 0.717) is 29.0 Å². The molecule has 2 fully saturated rings. The second-order valence-corrected chi connectivity index (χ2v) is 16.1. The van der Waals surface area contributed by atoms with E-state index < -0.39 is 60.3 Å². The first-order valence-corrected chi connectivity index (χ1v) is 20.3. The number of carbonyl (C=O) groups excluding carboxylic acids is 4. The summed E-state index contributed by atoms with van der Waals surface area (Å²) in [7, 11) is 3.30. The summed E-state index contributed by atoms with van der Waals surface area (Å²) in [5, 5.41) is 12.2. The maximum absolute atomic E-state index is 15.4. The van der Waals surface area contributed by atoms with E-state index in [1.165, 1.54) is 21.9 Å². The lowest BCUT2D eigenvalue weighted by Crippen LogP contribution is -2.55. The molecule has 4 heterocycles. The first-order valence-electron chi connectivity index (χ1n) is 20.3. The van der Waals surface area contributed by atoms with Crippen LogP contribution in [0.1, 0.15) is 59.4 Å². The molecule has 8 atom stereocenters. The molecule has 2 aromatic carbocycles. The van der Waals surface area contributed by atoms with Crippen LogP contribution >= 0.6 is 0 Å². The van der Waals surface area contributed by atoms with Crippen molar-refractivity contribution in [1.82, 2.24) is 45.6 Å². The van der Waals surface area contributed by atoms with Crippen LogP contribution in [0.25, 0.3) is 33.5 Å². The van der Waals surface area contributed by atoms with Gasteiger partial charge in [0.05, 0.1) is 47.9 Å². The zero-order chi connectivity index (χ0) is 42.0. The van der Waals surface area contributed by atoms with Crippen molar-refractivity contribution in [3.05, 3.63) is 53.8 Å². The molecule has 2 aromatic heterocycles. The molecule has 4 aromatic rings. The van der Waals surface area contributed by atoms with Crippen molar-refractivity contribution in [1.29, 1.82) is 0 Å². The minimum atomic E-state index is -1.31. The molecule has 58 heavy (non-hydrogen) atoms. The number of rotatable bonds is 15. The number of alkyl halides is 2. The number of fused-ring (bicyclic) bond motifs is 2. The third kappa shape index (κ3) is 8.72. The number of likely N-dealkylation sites (tertiary alicyclic amines) is 2. The molecular weight excluding hydrogens is 752 g/mol. The van der Waals surface area contributed by atoms with Gasteiger partial charge in [-0.2, -0.15) is 0 Å². The van der Waals surface area contributed by atoms with Crippen molar-refractivity contribution in [3.63, 3.8) is 0 Å². The quantitative estimate of drug-likeness (QED) is 0.122. The van der Waals surface area contributed by atoms with Gasteiger partial charge in [-0.1, -0.05) is 39.0 Å². The number of aromatic nitrogens is 3. The summed E-state index contributed by atoms with van der Waals surface area (Å²) in [6.45, 7) is 8.66. The first kappa shape index (κ1) is 42.6. The summed E-state index contributed by atoms with van der Waals surface area (Å²) >= 11 is 0. The van der Waals surface area contributed by atoms with Gasteiger partial charge < -0.3 is 40.6 Å². The van der Waals surface area contributed by atoms with Crippen LogP contribution in [0.3, 0.4) is 0 Å². The minimum absolute atomic E-state index is 0.0382. The first-order chi connectivity index (χ1) is 27.6. The van der Waals surface area contributed by atoms with Crippen LogP contribution in [-0.4, -0.2) is 124 Å². The fourth-order valence-corrected chi connectivity index (χ4v) is 8.22. The highest BCUT2D eigenvalue weighted by Crippen LogP contribution is 2.37. The zero-order valence-corrected chi connectivity index (χ0v) is 34.2. The van der Waals surface area contributed by atoms with Crippen molar-refractivity contribution in [2.24, 2.45) is 5.92 Å². The van der Waals surface area contributed by atoms with Crippen LogP contribution in [0.15, 0.2) is 42.5 Å². The smallest absolute Gasteiger partial charge is 0.245 e. The van der Waals surface area contributed by atoms with Crippen LogP contribution < -0.4 is 21.3 Å². The van der Waals surface area contributed by atoms with E-state index in [2.05, 4.69) is 26.3 Å². The summed E-state index contributed by atoms with van der Waals surface area (Å²) in [5.74, 6) is -1.81. The minimum Gasteiger partial charge on any atom is -0.352 e. The molecule has 4 amide bonds. The molecule has 0 spiro atoms. The molecule has 0 bridgehead atoms. The van der Waals surface area contributed by atoms with Crippen LogP contribution in [0.5, 0.6) is 0 Å². The van der Waals surface area contributed by atoms with Gasteiger partial charge in [0.2, 0.25) is 23.6 Å². The topological polar surface area (TPSA) is 156 Å². The number of imidazole rings is 1. The van der Waals surface area contributed by atoms with Gasteiger partial charge in [-0.3, -0.25) is 19.2 Å². The van der Waals surface area contributed by atoms with Crippen molar-refractivity contribution in [2.45, 2.75) is 115 Å². The Morgan fingerprint density at radius 2 is 1.48 bits per heavy atom. The van der Waals surface area contributed by atoms with Crippen molar-refractivity contribution in [2.75, 3.05) is 27.2 Å². The number of hydrogen-bond donors (Lipinski definition) is 5. The Morgan fingerprint density at radius 1 is 0.862 bits per heavy atom. The van der Waals surface area contributed by atoms with Gasteiger partial charge in [0.15, 0.2) is 5.82 Å². The summed E-state index contributed by atoms with van der Waals surface area (Å²) in [6, 6.07) is 7.82. The van der Waals surface area contributed by atoms with Gasteiger partial charge in [-0.15, -0.1) is 0 Å². The van der Waals surface area contributed by atoms with E-state index in [1.54, 1.807) is 40.9 Å². The second-order valence-electron chi connectivity index (χ2n) is 16.1. The lowest BCUT2D eigenvalue weighted by Gasteiger charge is -2.32. The summed E-state index contributed by atoms with van der Waals surface area (Å²) in [6.07, 6.45) is -1.91. The number of halogens is 3. The van der Waals surface area contributed by atoms with Crippen molar-refractivity contribution < 1.29 is 32.3 Å². The fourth-order valence-electron chi connectivity index (χ4n) is 8.22. The van der Waals surface area contributed by atoms with Gasteiger partial charge in [0.1, 0.15) is 30.2 Å². The van der Waals surface area contributed by atoms with E-state index in [9.17, 15) is 23.6 Å². The number of H-pyrrole nitrogens is 1. The maximum atomic E-state index is 15.4. The van der Waals surface area contributed by atoms with E-state index in [1.807, 2.05) is 42.7 Å². The molecule has 2 saturated heterocycles. The van der Waals surface area contributed by atoms with Crippen molar-refractivity contribution in [3.8, 4) is 11.5 Å². The number of benzene rings is 2. The second kappa shape index (κ2) is 17.9. The van der Waals surface area contributed by atoms with E-state index in [0.717, 1.165) is 16.5 Å². The average Bonchev–Trinajstić information content (AvgIpc) is 3.97. The molecule has 13 nitrogen and oxygen atoms in total.